The lowest BCUT2D eigenvalue weighted by Crippen LogP contribution is -2.63. The van der Waals surface area contributed by atoms with Crippen molar-refractivity contribution in [3.8, 4) is 0 Å². The lowest BCUT2D eigenvalue weighted by Gasteiger charge is -2.40. The van der Waals surface area contributed by atoms with Crippen LogP contribution in [0.1, 0.15) is 237 Å². The van der Waals surface area contributed by atoms with Crippen molar-refractivity contribution in [2.24, 2.45) is 35.5 Å². The number of aliphatic hydroxyl groups excluding tert-OH is 1. The van der Waals surface area contributed by atoms with Crippen LogP contribution >= 0.6 is 0 Å². The van der Waals surface area contributed by atoms with Crippen molar-refractivity contribution in [3.63, 3.8) is 0 Å². The molecule has 12 amide bonds. The molecule has 592 valence electrons. The molecule has 0 spiro atoms. The van der Waals surface area contributed by atoms with Crippen LogP contribution in [0.5, 0.6) is 0 Å². The number of nitrogens with one attached hydrogen (secondary N) is 3. The summed E-state index contributed by atoms with van der Waals surface area (Å²) in [5.41, 5.74) is -0.817. The normalized spacial score (nSPS) is 28.8. The highest BCUT2D eigenvalue weighted by molar-refractivity contribution is 6.00. The average Bonchev–Trinajstić information content (AvgIpc) is 0.818. The zero-order chi connectivity index (χ0) is 77.9. The molecule has 4 N–H and O–H groups in total. The molecule has 0 unspecified atom stereocenters. The maximum Gasteiger partial charge on any atom is 0.248 e. The Hall–Kier alpha value is -6.44. The Morgan fingerprint density at radius 3 is 1.28 bits per heavy atom. The second-order valence-electron chi connectivity index (χ2n) is 33.6. The first kappa shape index (κ1) is 88.2. The van der Waals surface area contributed by atoms with Gasteiger partial charge in [0.2, 0.25) is 70.9 Å². The van der Waals surface area contributed by atoms with E-state index in [1.165, 1.54) is 109 Å². The van der Waals surface area contributed by atoms with Gasteiger partial charge in [-0.3, -0.25) is 57.5 Å². The van der Waals surface area contributed by atoms with Gasteiger partial charge in [0.25, 0.3) is 0 Å². The summed E-state index contributed by atoms with van der Waals surface area (Å²) in [5, 5.41) is 20.4. The third kappa shape index (κ3) is 24.3. The van der Waals surface area contributed by atoms with Crippen LogP contribution in [0, 0.1) is 35.5 Å². The zero-order valence-corrected chi connectivity index (χ0v) is 67.3. The van der Waals surface area contributed by atoms with Gasteiger partial charge in [-0.1, -0.05) is 138 Å². The topological polar surface area (TPSA) is 300 Å². The van der Waals surface area contributed by atoms with Crippen LogP contribution in [-0.4, -0.2) is 274 Å². The van der Waals surface area contributed by atoms with Crippen LogP contribution in [0.3, 0.4) is 0 Å². The molecule has 5 rings (SSSR count). The number of carbonyl (C=O) groups excluding carboxylic acids is 12. The predicted octanol–water partition coefficient (Wildman–Crippen LogP) is 6.37. The number of hydrogen-bond acceptors (Lipinski definition) is 14. The number of aliphatic hydroxyl groups is 1. The molecule has 5 aliphatic rings. The smallest absolute Gasteiger partial charge is 0.248 e. The van der Waals surface area contributed by atoms with E-state index in [2.05, 4.69) is 16.0 Å². The summed E-state index contributed by atoms with van der Waals surface area (Å²) in [6.45, 7) is 21.3. The number of ether oxygens (including phenoxy) is 1. The fraction of sp³-hybridized carbons (Fsp3) is 0.846. The largest absolute Gasteiger partial charge is 0.391 e. The van der Waals surface area contributed by atoms with Crippen LogP contribution in [-0.2, 0) is 62.3 Å². The minimum absolute atomic E-state index is 0.00940. The lowest BCUT2D eigenvalue weighted by molar-refractivity contribution is -0.156. The highest BCUT2D eigenvalue weighted by atomic mass is 16.5. The first-order valence-electron chi connectivity index (χ1n) is 39.3. The Labute approximate surface area is 622 Å². The van der Waals surface area contributed by atoms with Gasteiger partial charge in [0.05, 0.1) is 24.7 Å². The fourth-order valence-corrected chi connectivity index (χ4v) is 16.1. The number of hydrogen-bond donors (Lipinski definition) is 4. The molecule has 2 aliphatic heterocycles. The number of nitrogens with zero attached hydrogens (tertiary/aromatic N) is 9. The molecule has 0 radical (unpaired) electrons. The van der Waals surface area contributed by atoms with Crippen molar-refractivity contribution in [3.05, 3.63) is 0 Å². The van der Waals surface area contributed by atoms with Crippen molar-refractivity contribution < 1.29 is 67.4 Å². The minimum Gasteiger partial charge on any atom is -0.391 e. The van der Waals surface area contributed by atoms with E-state index in [4.69, 9.17) is 4.74 Å². The summed E-state index contributed by atoms with van der Waals surface area (Å²) in [5.74, 6) is -8.81. The molecule has 12 atom stereocenters. The second-order valence-corrected chi connectivity index (χ2v) is 33.6. The van der Waals surface area contributed by atoms with Crippen LogP contribution in [0.25, 0.3) is 0 Å². The van der Waals surface area contributed by atoms with E-state index >= 15 is 47.9 Å². The molecule has 0 aromatic rings. The van der Waals surface area contributed by atoms with Crippen molar-refractivity contribution in [2.45, 2.75) is 315 Å². The van der Waals surface area contributed by atoms with Gasteiger partial charge in [-0.05, 0) is 128 Å². The monoisotopic (exact) mass is 1470 g/mol. The van der Waals surface area contributed by atoms with E-state index in [1.807, 2.05) is 48.5 Å². The quantitative estimate of drug-likeness (QED) is 0.139. The SMILES string of the molecule is CC(C)C[C@@H]1NC(=O)[C@H](CC2CCCCC2)N(C)C(=O)[C@H](COC(C)(C)C)NC(=O)[C@H](CC2CCCCC2)N(C)C(=O)[C@H](C)N(C)C(=O)[C@H](CC(C)C)N(C)C(=O)[C@H](C)N(C)C(=O)C[C@@H](C(=O)N2CCCCC2)N(C)C(=O)[C@H](CC2CCCCC2)N(C)C(=O)[C@H]([C@@H](C)O)NC(=O)[C@H](C(C)C)N(C)C1=O. The highest BCUT2D eigenvalue weighted by Crippen LogP contribution is 2.34. The van der Waals surface area contributed by atoms with Crippen LogP contribution < -0.4 is 16.0 Å². The second kappa shape index (κ2) is 40.5. The van der Waals surface area contributed by atoms with E-state index in [9.17, 15) is 14.7 Å². The Bertz CT molecular complexity index is 2900. The van der Waals surface area contributed by atoms with Crippen molar-refractivity contribution >= 4 is 70.9 Å². The Morgan fingerprint density at radius 1 is 0.442 bits per heavy atom. The fourth-order valence-electron chi connectivity index (χ4n) is 16.1. The van der Waals surface area contributed by atoms with E-state index in [0.29, 0.717) is 25.9 Å². The maximum atomic E-state index is 15.7. The lowest BCUT2D eigenvalue weighted by atomic mass is 9.84. The van der Waals surface area contributed by atoms with Gasteiger partial charge < -0.3 is 69.9 Å². The molecular formula is C78H136N12O14. The summed E-state index contributed by atoms with van der Waals surface area (Å²) in [6, 6.07) is -14.2. The highest BCUT2D eigenvalue weighted by Gasteiger charge is 2.47. The standard InChI is InChI=1S/C78H136N12O14/c1-48(2)41-57-72(98)89(20)66(50(5)6)69(95)81-65(53(9)91)77(103)88(19)62(45-56-37-29-23-30-38-56)75(101)87(18)63(76(102)90-39-31-24-32-40-90)46-64(92)82(13)51(7)70(96)86(17)61(42-49(3)4)74(100)83(14)52(8)71(97)84(15)59(43-54-33-25-21-26-34-54)68(94)80-58(47-104-78(10,11)12)73(99)85(16)60(67(93)79-57)44-55-35-27-22-28-36-55/h48-63,65-66,91H,21-47H2,1-20H3,(H,79,93)(H,80,94)(H,81,95)/t51-,52-,53+,57-,58-,59-,60-,61-,62-,63-,65-,66-/m0/s1. The molecule has 3 aliphatic carbocycles. The third-order valence-electron chi connectivity index (χ3n) is 23.1. The number of likely N-dealkylation sites (N-methyl/N-ethyl adjacent to an activating group) is 8. The molecule has 2 saturated heterocycles. The number of carbonyl (C=O) groups is 12. The van der Waals surface area contributed by atoms with Gasteiger partial charge in [0.1, 0.15) is 66.5 Å². The van der Waals surface area contributed by atoms with Crippen LogP contribution in [0.4, 0.5) is 0 Å². The average molecular weight is 1470 g/mol. The molecule has 5 fully saturated rings. The van der Waals surface area contributed by atoms with Gasteiger partial charge >= 0.3 is 0 Å². The van der Waals surface area contributed by atoms with E-state index in [-0.39, 0.29) is 68.3 Å². The van der Waals surface area contributed by atoms with Crippen LogP contribution in [0.15, 0.2) is 0 Å². The summed E-state index contributed by atoms with van der Waals surface area (Å²) >= 11 is 0. The molecule has 26 heteroatoms. The molecule has 0 aromatic heterocycles. The predicted molar refractivity (Wildman–Crippen MR) is 399 cm³/mol. The Kier molecular flexibility index (Phi) is 34.3. The van der Waals surface area contributed by atoms with Gasteiger partial charge in [-0.25, -0.2) is 0 Å². The van der Waals surface area contributed by atoms with Crippen LogP contribution in [0.2, 0.25) is 0 Å². The van der Waals surface area contributed by atoms with E-state index in [1.54, 1.807) is 25.7 Å². The number of amides is 12. The van der Waals surface area contributed by atoms with Crippen molar-refractivity contribution in [1.29, 1.82) is 0 Å². The molecule has 0 bridgehead atoms. The Morgan fingerprint density at radius 2 is 0.837 bits per heavy atom. The van der Waals surface area contributed by atoms with Gasteiger partial charge in [-0.2, -0.15) is 0 Å². The van der Waals surface area contributed by atoms with Gasteiger partial charge in [-0.15, -0.1) is 0 Å². The molecule has 26 nitrogen and oxygen atoms in total. The molecule has 3 saturated carbocycles. The summed E-state index contributed by atoms with van der Waals surface area (Å²) < 4.78 is 6.31. The van der Waals surface area contributed by atoms with Gasteiger partial charge in [0.15, 0.2) is 0 Å². The molecule has 0 aromatic carbocycles. The number of piperidine rings is 1. The Balaban J connectivity index is 1.71. The summed E-state index contributed by atoms with van der Waals surface area (Å²) in [7, 11) is 11.7. The molecular weight excluding hydrogens is 1330 g/mol. The third-order valence-corrected chi connectivity index (χ3v) is 23.1. The van der Waals surface area contributed by atoms with E-state index in [0.717, 1.165) is 103 Å². The molecule has 104 heavy (non-hydrogen) atoms. The minimum atomic E-state index is -1.67. The van der Waals surface area contributed by atoms with E-state index < -0.39 is 161 Å². The van der Waals surface area contributed by atoms with Gasteiger partial charge in [0, 0.05) is 69.5 Å². The number of likely N-dealkylation sites (tertiary alicyclic amines) is 1. The number of rotatable bonds is 15. The van der Waals surface area contributed by atoms with Crippen molar-refractivity contribution in [1.82, 2.24) is 60.0 Å². The zero-order valence-electron chi connectivity index (χ0n) is 67.3. The maximum absolute atomic E-state index is 15.7. The molecule has 2 heterocycles. The first-order chi connectivity index (χ1) is 48.7. The first-order valence-corrected chi connectivity index (χ1v) is 39.3. The van der Waals surface area contributed by atoms with Crippen molar-refractivity contribution in [2.75, 3.05) is 76.1 Å². The summed E-state index contributed by atoms with van der Waals surface area (Å²) in [4.78, 5) is 195. The summed E-state index contributed by atoms with van der Waals surface area (Å²) in [6.07, 6.45) is 14.1.